The Kier molecular flexibility index (Phi) is 2.98. The van der Waals surface area contributed by atoms with Crippen LogP contribution in [0.3, 0.4) is 0 Å². The molecule has 1 aromatic heterocycles. The van der Waals surface area contributed by atoms with E-state index in [0.717, 1.165) is 6.42 Å². The third-order valence-electron chi connectivity index (χ3n) is 3.35. The molecule has 0 bridgehead atoms. The van der Waals surface area contributed by atoms with Gasteiger partial charge in [-0.25, -0.2) is 4.79 Å². The quantitative estimate of drug-likeness (QED) is 0.785. The van der Waals surface area contributed by atoms with Gasteiger partial charge < -0.3 is 9.80 Å². The molecule has 2 aliphatic heterocycles. The molecule has 4 amide bonds. The average Bonchev–Trinajstić information content (AvgIpc) is 2.95. The number of hydrogen-bond donors (Lipinski definition) is 1. The Morgan fingerprint density at radius 3 is 2.95 bits per heavy atom. The van der Waals surface area contributed by atoms with Gasteiger partial charge in [0.15, 0.2) is 0 Å². The maximum absolute atomic E-state index is 12.1. The molecule has 6 nitrogen and oxygen atoms in total. The van der Waals surface area contributed by atoms with Crippen molar-refractivity contribution in [2.24, 2.45) is 0 Å². The van der Waals surface area contributed by atoms with Crippen molar-refractivity contribution in [3.8, 4) is 0 Å². The number of fused-ring (bicyclic) bond motifs is 1. The highest BCUT2D eigenvalue weighted by molar-refractivity contribution is 7.10. The van der Waals surface area contributed by atoms with Gasteiger partial charge in [0.2, 0.25) is 11.8 Å². The minimum atomic E-state index is -0.480. The summed E-state index contributed by atoms with van der Waals surface area (Å²) in [7, 11) is 0. The van der Waals surface area contributed by atoms with Gasteiger partial charge >= 0.3 is 6.03 Å². The lowest BCUT2D eigenvalue weighted by molar-refractivity contribution is -0.132. The van der Waals surface area contributed by atoms with Crippen LogP contribution >= 0.6 is 11.3 Å². The maximum Gasteiger partial charge on any atom is 0.325 e. The molecule has 1 saturated heterocycles. The highest BCUT2D eigenvalue weighted by atomic mass is 32.1. The second kappa shape index (κ2) is 4.65. The summed E-state index contributed by atoms with van der Waals surface area (Å²) in [6.07, 6.45) is 0.865. The van der Waals surface area contributed by atoms with E-state index in [4.69, 9.17) is 0 Å². The molecular formula is C12H13N3O3S. The van der Waals surface area contributed by atoms with Crippen LogP contribution in [-0.2, 0) is 22.6 Å². The zero-order chi connectivity index (χ0) is 13.4. The number of rotatable bonds is 2. The van der Waals surface area contributed by atoms with Gasteiger partial charge in [0.05, 0.1) is 0 Å². The summed E-state index contributed by atoms with van der Waals surface area (Å²) in [5.41, 5.74) is 1.19. The first-order chi connectivity index (χ1) is 9.13. The molecule has 1 N–H and O–H groups in total. The summed E-state index contributed by atoms with van der Waals surface area (Å²) in [6.45, 7) is 1.22. The van der Waals surface area contributed by atoms with E-state index in [0.29, 0.717) is 13.1 Å². The Morgan fingerprint density at radius 2 is 2.21 bits per heavy atom. The molecule has 19 heavy (non-hydrogen) atoms. The number of carbonyl (C=O) groups is 3. The Bertz CT molecular complexity index is 554. The Morgan fingerprint density at radius 1 is 1.37 bits per heavy atom. The fourth-order valence-corrected chi connectivity index (χ4v) is 3.23. The van der Waals surface area contributed by atoms with Crippen LogP contribution in [0.25, 0.3) is 0 Å². The second-order valence-corrected chi connectivity index (χ2v) is 5.64. The molecule has 0 spiro atoms. The number of nitrogens with zero attached hydrogens (tertiary/aromatic N) is 2. The molecule has 0 unspecified atom stereocenters. The third-order valence-corrected chi connectivity index (χ3v) is 4.38. The van der Waals surface area contributed by atoms with E-state index in [-0.39, 0.29) is 24.9 Å². The van der Waals surface area contributed by atoms with Crippen LogP contribution in [0, 0.1) is 0 Å². The molecule has 3 rings (SSSR count). The summed E-state index contributed by atoms with van der Waals surface area (Å²) < 4.78 is 0. The standard InChI is InChI=1S/C12H13N3O3S/c16-10-6-15(12(18)13-10)7-11(17)14-3-1-9-8(5-14)2-4-19-9/h2,4H,1,3,5-7H2,(H,13,16,18). The number of imide groups is 1. The number of carbonyl (C=O) groups excluding carboxylic acids is 3. The summed E-state index contributed by atoms with van der Waals surface area (Å²) in [6, 6.07) is 1.55. The van der Waals surface area contributed by atoms with Crippen molar-refractivity contribution in [3.05, 3.63) is 21.9 Å². The molecule has 7 heteroatoms. The maximum atomic E-state index is 12.1. The van der Waals surface area contributed by atoms with Crippen molar-refractivity contribution >= 4 is 29.2 Å². The van der Waals surface area contributed by atoms with Gasteiger partial charge in [-0.1, -0.05) is 0 Å². The van der Waals surface area contributed by atoms with Gasteiger partial charge in [-0.15, -0.1) is 11.3 Å². The van der Waals surface area contributed by atoms with Gasteiger partial charge in [0.1, 0.15) is 13.1 Å². The van der Waals surface area contributed by atoms with Crippen LogP contribution in [0.1, 0.15) is 10.4 Å². The summed E-state index contributed by atoms with van der Waals surface area (Å²) in [5.74, 6) is -0.460. The predicted molar refractivity (Wildman–Crippen MR) is 68.6 cm³/mol. The van der Waals surface area contributed by atoms with E-state index in [9.17, 15) is 14.4 Å². The molecule has 0 aliphatic carbocycles. The molecule has 0 aromatic carbocycles. The van der Waals surface area contributed by atoms with E-state index < -0.39 is 6.03 Å². The van der Waals surface area contributed by atoms with Gasteiger partial charge in [-0.3, -0.25) is 14.9 Å². The lowest BCUT2D eigenvalue weighted by Gasteiger charge is -2.28. The molecule has 1 fully saturated rings. The van der Waals surface area contributed by atoms with Crippen LogP contribution < -0.4 is 5.32 Å². The highest BCUT2D eigenvalue weighted by Gasteiger charge is 2.30. The van der Waals surface area contributed by atoms with Gasteiger partial charge in [0, 0.05) is 18.0 Å². The number of nitrogens with one attached hydrogen (secondary N) is 1. The first-order valence-electron chi connectivity index (χ1n) is 6.05. The highest BCUT2D eigenvalue weighted by Crippen LogP contribution is 2.24. The molecule has 0 atom stereocenters. The fourth-order valence-electron chi connectivity index (χ4n) is 2.34. The van der Waals surface area contributed by atoms with E-state index in [1.807, 2.05) is 11.4 Å². The first kappa shape index (κ1) is 12.2. The van der Waals surface area contributed by atoms with Crippen LogP contribution in [0.2, 0.25) is 0 Å². The van der Waals surface area contributed by atoms with Crippen molar-refractivity contribution in [1.82, 2.24) is 15.1 Å². The molecule has 1 aromatic rings. The van der Waals surface area contributed by atoms with Crippen molar-refractivity contribution in [2.45, 2.75) is 13.0 Å². The molecule has 2 aliphatic rings. The topological polar surface area (TPSA) is 69.7 Å². The lowest BCUT2D eigenvalue weighted by Crippen LogP contribution is -2.43. The Hall–Kier alpha value is -1.89. The van der Waals surface area contributed by atoms with E-state index in [1.54, 1.807) is 16.2 Å². The van der Waals surface area contributed by atoms with E-state index in [1.165, 1.54) is 15.3 Å². The van der Waals surface area contributed by atoms with E-state index in [2.05, 4.69) is 5.32 Å². The van der Waals surface area contributed by atoms with Crippen LogP contribution in [0.4, 0.5) is 4.79 Å². The Balaban J connectivity index is 1.63. The minimum Gasteiger partial charge on any atom is -0.336 e. The number of amides is 4. The van der Waals surface area contributed by atoms with Crippen molar-refractivity contribution in [1.29, 1.82) is 0 Å². The smallest absolute Gasteiger partial charge is 0.325 e. The zero-order valence-corrected chi connectivity index (χ0v) is 11.0. The average molecular weight is 279 g/mol. The Labute approximate surface area is 114 Å². The largest absolute Gasteiger partial charge is 0.336 e. The predicted octanol–water partition coefficient (Wildman–Crippen LogP) is 0.185. The molecule has 3 heterocycles. The number of thiophene rings is 1. The second-order valence-electron chi connectivity index (χ2n) is 4.64. The van der Waals surface area contributed by atoms with Crippen LogP contribution in [0.15, 0.2) is 11.4 Å². The monoisotopic (exact) mass is 279 g/mol. The SMILES string of the molecule is O=C1CN(CC(=O)N2CCc3sccc3C2)C(=O)N1. The lowest BCUT2D eigenvalue weighted by atomic mass is 10.1. The molecular weight excluding hydrogens is 266 g/mol. The van der Waals surface area contributed by atoms with E-state index >= 15 is 0 Å². The summed E-state index contributed by atoms with van der Waals surface area (Å²) in [4.78, 5) is 38.9. The molecule has 0 radical (unpaired) electrons. The normalized spacial score (nSPS) is 18.5. The van der Waals surface area contributed by atoms with Crippen molar-refractivity contribution in [2.75, 3.05) is 19.6 Å². The van der Waals surface area contributed by atoms with Crippen molar-refractivity contribution < 1.29 is 14.4 Å². The first-order valence-corrected chi connectivity index (χ1v) is 6.93. The molecule has 100 valence electrons. The van der Waals surface area contributed by atoms with Gasteiger partial charge in [-0.2, -0.15) is 0 Å². The van der Waals surface area contributed by atoms with Gasteiger partial charge in [-0.05, 0) is 23.4 Å². The number of urea groups is 1. The molecule has 0 saturated carbocycles. The summed E-state index contributed by atoms with van der Waals surface area (Å²) >= 11 is 1.72. The minimum absolute atomic E-state index is 0.0257. The third kappa shape index (κ3) is 2.33. The fraction of sp³-hybridized carbons (Fsp3) is 0.417. The van der Waals surface area contributed by atoms with Crippen molar-refractivity contribution in [3.63, 3.8) is 0 Å². The zero-order valence-electron chi connectivity index (χ0n) is 10.2. The van der Waals surface area contributed by atoms with Crippen LogP contribution in [0.5, 0.6) is 0 Å². The number of hydrogen-bond acceptors (Lipinski definition) is 4. The summed E-state index contributed by atoms with van der Waals surface area (Å²) in [5, 5.41) is 4.20. The van der Waals surface area contributed by atoms with Crippen LogP contribution in [-0.4, -0.2) is 47.3 Å². The van der Waals surface area contributed by atoms with Gasteiger partial charge in [0.25, 0.3) is 0 Å².